The first-order valence-corrected chi connectivity index (χ1v) is 14.1. The van der Waals surface area contributed by atoms with Gasteiger partial charge in [-0.3, -0.25) is 14.4 Å². The number of aliphatic carboxylic acids is 1. The number of anilines is 1. The third kappa shape index (κ3) is 5.41. The summed E-state index contributed by atoms with van der Waals surface area (Å²) in [4.78, 5) is 40.7. The number of hydrogen-bond donors (Lipinski definition) is 2. The molecule has 42 heavy (non-hydrogen) atoms. The lowest BCUT2D eigenvalue weighted by Gasteiger charge is -2.35. The van der Waals surface area contributed by atoms with Gasteiger partial charge in [-0.05, 0) is 69.9 Å². The van der Waals surface area contributed by atoms with Crippen molar-refractivity contribution in [3.63, 3.8) is 0 Å². The highest BCUT2D eigenvalue weighted by molar-refractivity contribution is 6.35. The third-order valence-corrected chi connectivity index (χ3v) is 8.52. The molecule has 5 rings (SSSR count). The molecule has 0 saturated carbocycles. The molecule has 2 aromatic rings. The number of carboxylic acids is 1. The van der Waals surface area contributed by atoms with Crippen LogP contribution in [-0.4, -0.2) is 53.1 Å². The number of morpholine rings is 1. The predicted octanol–water partition coefficient (Wildman–Crippen LogP) is 5.80. The Bertz CT molecular complexity index is 1470. The number of carbonyl (C=O) groups is 3. The van der Waals surface area contributed by atoms with E-state index in [9.17, 15) is 32.7 Å². The Balaban J connectivity index is 1.60. The molecular weight excluding hydrogens is 575 g/mol. The molecule has 4 atom stereocenters. The highest BCUT2D eigenvalue weighted by Gasteiger charge is 2.47. The molecule has 8 nitrogen and oxygen atoms in total. The monoisotopic (exact) mass is 605 g/mol. The van der Waals surface area contributed by atoms with Gasteiger partial charge in [-0.25, -0.2) is 10.4 Å². The number of hydrogen-bond acceptors (Lipinski definition) is 5. The van der Waals surface area contributed by atoms with E-state index in [0.29, 0.717) is 31.5 Å². The fourth-order valence-electron chi connectivity index (χ4n) is 6.15. The molecular formula is C30H31ClF3N3O5. The summed E-state index contributed by atoms with van der Waals surface area (Å²) >= 11 is 6.20. The summed E-state index contributed by atoms with van der Waals surface area (Å²) in [6.45, 7) is 6.25. The molecule has 2 N–H and O–H groups in total. The molecule has 2 aromatic carbocycles. The molecule has 0 radical (unpaired) electrons. The quantitative estimate of drug-likeness (QED) is 0.428. The molecule has 2 amide bonds. The van der Waals surface area contributed by atoms with Crippen LogP contribution in [0, 0.1) is 5.92 Å². The fourth-order valence-corrected chi connectivity index (χ4v) is 6.41. The Morgan fingerprint density at radius 2 is 1.79 bits per heavy atom. The number of amides is 2. The van der Waals surface area contributed by atoms with Gasteiger partial charge in [-0.1, -0.05) is 29.8 Å². The number of carboxylic acid groups (broad SMARTS) is 1. The standard InChI is InChI=1S/C30H31ClF3N3O5/c1-16-14-36(15-17(2)42-16)26(38)19-9-12-21-24(13-19)37(27(39)25-22(30(32,33)34)5-4-6-23(25)31)35-29(21,3)20-10-7-18(8-11-20)28(40)41/h4-6,9-10,12-13,16-18,35H,7-8,11,14-15H2,1-3H3,(H,40,41)/t16-,17+,18?,29?. The second-order valence-corrected chi connectivity index (χ2v) is 11.7. The Kier molecular flexibility index (Phi) is 7.88. The van der Waals surface area contributed by atoms with Gasteiger partial charge in [0.1, 0.15) is 0 Å². The van der Waals surface area contributed by atoms with Gasteiger partial charge in [0.15, 0.2) is 0 Å². The van der Waals surface area contributed by atoms with Crippen molar-refractivity contribution in [3.8, 4) is 0 Å². The van der Waals surface area contributed by atoms with Gasteiger partial charge in [0.25, 0.3) is 11.8 Å². The molecule has 12 heteroatoms. The van der Waals surface area contributed by atoms with E-state index in [2.05, 4.69) is 5.43 Å². The molecule has 1 aliphatic carbocycles. The SMILES string of the molecule is C[C@@H]1CN(C(=O)c2ccc3c(c2)N(C(=O)c2c(Cl)cccc2C(F)(F)F)NC3(C)C2=CCC(C(=O)O)CC2)C[C@H](C)O1. The van der Waals surface area contributed by atoms with Crippen molar-refractivity contribution in [2.24, 2.45) is 5.92 Å². The van der Waals surface area contributed by atoms with E-state index in [-0.39, 0.29) is 40.8 Å². The summed E-state index contributed by atoms with van der Waals surface area (Å²) in [5.74, 6) is -2.78. The number of rotatable bonds is 4. The van der Waals surface area contributed by atoms with Crippen molar-refractivity contribution in [3.05, 3.63) is 75.3 Å². The van der Waals surface area contributed by atoms with Crippen LogP contribution in [0.3, 0.4) is 0 Å². The minimum absolute atomic E-state index is 0.177. The van der Waals surface area contributed by atoms with E-state index in [0.717, 1.165) is 22.7 Å². The van der Waals surface area contributed by atoms with Crippen molar-refractivity contribution in [2.75, 3.05) is 18.1 Å². The van der Waals surface area contributed by atoms with E-state index in [1.165, 1.54) is 12.1 Å². The molecule has 2 aliphatic heterocycles. The number of fused-ring (bicyclic) bond motifs is 1. The fraction of sp³-hybridized carbons (Fsp3) is 0.433. The normalized spacial score (nSPS) is 26.1. The summed E-state index contributed by atoms with van der Waals surface area (Å²) in [6.07, 6.45) is -2.35. The second-order valence-electron chi connectivity index (χ2n) is 11.3. The van der Waals surface area contributed by atoms with Gasteiger partial charge in [0.05, 0.1) is 45.5 Å². The number of nitrogens with one attached hydrogen (secondary N) is 1. The van der Waals surface area contributed by atoms with Crippen LogP contribution < -0.4 is 10.4 Å². The maximum Gasteiger partial charge on any atom is 0.417 e. The third-order valence-electron chi connectivity index (χ3n) is 8.20. The number of ether oxygens (including phenoxy) is 1. The average Bonchev–Trinajstić information content (AvgIpc) is 3.24. The zero-order valence-electron chi connectivity index (χ0n) is 23.3. The zero-order chi connectivity index (χ0) is 30.6. The second kappa shape index (κ2) is 11.0. The average molecular weight is 606 g/mol. The first kappa shape index (κ1) is 30.1. The highest BCUT2D eigenvalue weighted by Crippen LogP contribution is 2.47. The molecule has 1 fully saturated rings. The van der Waals surface area contributed by atoms with Gasteiger partial charge in [-0.15, -0.1) is 0 Å². The summed E-state index contributed by atoms with van der Waals surface area (Å²) in [5.41, 5.74) is 1.99. The van der Waals surface area contributed by atoms with Crippen LogP contribution in [0.15, 0.2) is 48.0 Å². The molecule has 0 spiro atoms. The van der Waals surface area contributed by atoms with Crippen LogP contribution in [0.4, 0.5) is 18.9 Å². The summed E-state index contributed by atoms with van der Waals surface area (Å²) in [5, 5.41) is 10.1. The minimum Gasteiger partial charge on any atom is -0.481 e. The number of benzene rings is 2. The van der Waals surface area contributed by atoms with Crippen LogP contribution in [0.1, 0.15) is 71.9 Å². The first-order valence-electron chi connectivity index (χ1n) is 13.7. The summed E-state index contributed by atoms with van der Waals surface area (Å²) in [6, 6.07) is 7.98. The topological polar surface area (TPSA) is 99.2 Å². The maximum atomic E-state index is 14.0. The smallest absolute Gasteiger partial charge is 0.417 e. The molecule has 0 bridgehead atoms. The summed E-state index contributed by atoms with van der Waals surface area (Å²) < 4.78 is 47.7. The molecule has 1 saturated heterocycles. The highest BCUT2D eigenvalue weighted by atomic mass is 35.5. The Morgan fingerprint density at radius 1 is 1.10 bits per heavy atom. The number of nitrogens with zero attached hydrogens (tertiary/aromatic N) is 2. The predicted molar refractivity (Wildman–Crippen MR) is 149 cm³/mol. The lowest BCUT2D eigenvalue weighted by atomic mass is 9.77. The molecule has 0 aromatic heterocycles. The zero-order valence-corrected chi connectivity index (χ0v) is 24.1. The van der Waals surface area contributed by atoms with Crippen LogP contribution in [-0.2, 0) is 21.2 Å². The van der Waals surface area contributed by atoms with Gasteiger partial charge in [0, 0.05) is 24.2 Å². The van der Waals surface area contributed by atoms with Crippen molar-refractivity contribution in [2.45, 2.75) is 64.0 Å². The van der Waals surface area contributed by atoms with Crippen LogP contribution >= 0.6 is 11.6 Å². The van der Waals surface area contributed by atoms with Crippen LogP contribution in [0.25, 0.3) is 0 Å². The van der Waals surface area contributed by atoms with Crippen molar-refractivity contribution in [1.29, 1.82) is 0 Å². The van der Waals surface area contributed by atoms with E-state index >= 15 is 0 Å². The van der Waals surface area contributed by atoms with Crippen LogP contribution in [0.2, 0.25) is 5.02 Å². The molecule has 3 aliphatic rings. The van der Waals surface area contributed by atoms with Gasteiger partial charge in [0.2, 0.25) is 0 Å². The van der Waals surface area contributed by atoms with Gasteiger partial charge in [-0.2, -0.15) is 13.2 Å². The number of halogens is 4. The van der Waals surface area contributed by atoms with Crippen molar-refractivity contribution in [1.82, 2.24) is 10.3 Å². The first-order chi connectivity index (χ1) is 19.7. The molecule has 2 unspecified atom stereocenters. The lowest BCUT2D eigenvalue weighted by Crippen LogP contribution is -2.49. The number of alkyl halides is 3. The lowest BCUT2D eigenvalue weighted by molar-refractivity contribution is -0.142. The van der Waals surface area contributed by atoms with Crippen molar-refractivity contribution < 1.29 is 37.4 Å². The van der Waals surface area contributed by atoms with Gasteiger partial charge < -0.3 is 14.7 Å². The maximum absolute atomic E-state index is 14.0. The summed E-state index contributed by atoms with van der Waals surface area (Å²) in [7, 11) is 0. The Morgan fingerprint density at radius 3 is 2.38 bits per heavy atom. The van der Waals surface area contributed by atoms with Crippen LogP contribution in [0.5, 0.6) is 0 Å². The Hall–Kier alpha value is -3.41. The van der Waals surface area contributed by atoms with Gasteiger partial charge >= 0.3 is 12.1 Å². The minimum atomic E-state index is -4.85. The number of hydrazine groups is 1. The van der Waals surface area contributed by atoms with Crippen molar-refractivity contribution >= 4 is 35.1 Å². The molecule has 224 valence electrons. The van der Waals surface area contributed by atoms with E-state index in [1.807, 2.05) is 13.8 Å². The van der Waals surface area contributed by atoms with E-state index in [1.54, 1.807) is 30.0 Å². The van der Waals surface area contributed by atoms with E-state index < -0.39 is 40.6 Å². The van der Waals surface area contributed by atoms with E-state index in [4.69, 9.17) is 16.3 Å². The Labute approximate surface area is 246 Å². The molecule has 2 heterocycles. The largest absolute Gasteiger partial charge is 0.481 e. The number of allylic oxidation sites excluding steroid dienone is 1. The number of carbonyl (C=O) groups excluding carboxylic acids is 2.